The van der Waals surface area contributed by atoms with Crippen molar-refractivity contribution in [3.8, 4) is 5.75 Å². The first-order valence-corrected chi connectivity index (χ1v) is 9.71. The summed E-state index contributed by atoms with van der Waals surface area (Å²) in [4.78, 5) is 60.5. The molecule has 1 aromatic rings. The molecule has 27 heavy (non-hydrogen) atoms. The molecule has 2 atom stereocenters. The Morgan fingerprint density at radius 2 is 1.85 bits per heavy atom. The minimum atomic E-state index is -1.02. The van der Waals surface area contributed by atoms with Gasteiger partial charge in [-0.15, -0.1) is 0 Å². The van der Waals surface area contributed by atoms with Crippen LogP contribution in [0.3, 0.4) is 0 Å². The van der Waals surface area contributed by atoms with Gasteiger partial charge in [-0.2, -0.15) is 0 Å². The van der Waals surface area contributed by atoms with Crippen LogP contribution in [0.1, 0.15) is 6.92 Å². The third kappa shape index (κ3) is 4.25. The fraction of sp³-hybridized carbons (Fsp3) is 0.312. The van der Waals surface area contributed by atoms with Crippen LogP contribution in [-0.4, -0.2) is 56.8 Å². The maximum Gasteiger partial charge on any atom is 0.289 e. The molecule has 2 aliphatic rings. The molecule has 2 aliphatic heterocycles. The number of amides is 5. The predicted octanol–water partition coefficient (Wildman–Crippen LogP) is 1.44. The van der Waals surface area contributed by atoms with Crippen molar-refractivity contribution in [1.82, 2.24) is 10.2 Å². The number of carbonyl (C=O) groups excluding carboxylic acids is 5. The lowest BCUT2D eigenvalue weighted by Gasteiger charge is -2.15. The van der Waals surface area contributed by atoms with Crippen molar-refractivity contribution in [2.24, 2.45) is 0 Å². The highest BCUT2D eigenvalue weighted by molar-refractivity contribution is 8.19. The lowest BCUT2D eigenvalue weighted by Crippen LogP contribution is -2.42. The summed E-state index contributed by atoms with van der Waals surface area (Å²) in [5.74, 6) is -1.17. The zero-order valence-corrected chi connectivity index (χ0v) is 15.7. The number of carbonyl (C=O) groups is 5. The van der Waals surface area contributed by atoms with Crippen LogP contribution in [0.4, 0.5) is 15.3 Å². The van der Waals surface area contributed by atoms with Crippen LogP contribution in [0.2, 0.25) is 0 Å². The van der Waals surface area contributed by atoms with Crippen molar-refractivity contribution in [2.45, 2.75) is 17.4 Å². The Morgan fingerprint density at radius 3 is 2.44 bits per heavy atom. The van der Waals surface area contributed by atoms with Crippen LogP contribution >= 0.6 is 23.5 Å². The lowest BCUT2D eigenvalue weighted by atomic mass is 10.2. The Hall–Kier alpha value is -2.53. The largest absolute Gasteiger partial charge is 0.494 e. The van der Waals surface area contributed by atoms with Crippen LogP contribution in [0.5, 0.6) is 5.75 Å². The average Bonchev–Trinajstić information content (AvgIpc) is 3.09. The van der Waals surface area contributed by atoms with Gasteiger partial charge in [-0.1, -0.05) is 0 Å². The number of benzene rings is 1. The topological polar surface area (TPSA) is 122 Å². The second-order valence-corrected chi connectivity index (χ2v) is 7.76. The van der Waals surface area contributed by atoms with Crippen LogP contribution in [0, 0.1) is 0 Å². The van der Waals surface area contributed by atoms with E-state index in [0.29, 0.717) is 41.6 Å². The summed E-state index contributed by atoms with van der Waals surface area (Å²) in [6.45, 7) is 1.91. The number of imide groups is 2. The van der Waals surface area contributed by atoms with E-state index in [-0.39, 0.29) is 0 Å². The zero-order chi connectivity index (χ0) is 19.6. The molecule has 9 nitrogen and oxygen atoms in total. The molecule has 2 saturated heterocycles. The molecule has 0 aliphatic carbocycles. The summed E-state index contributed by atoms with van der Waals surface area (Å²) >= 11 is 1.32. The Morgan fingerprint density at radius 1 is 1.15 bits per heavy atom. The van der Waals surface area contributed by atoms with Gasteiger partial charge in [0.2, 0.25) is 17.7 Å². The van der Waals surface area contributed by atoms with Crippen molar-refractivity contribution in [1.29, 1.82) is 0 Å². The molecule has 2 fully saturated rings. The quantitative estimate of drug-likeness (QED) is 0.724. The second-order valence-electron chi connectivity index (χ2n) is 5.55. The van der Waals surface area contributed by atoms with Gasteiger partial charge in [0.15, 0.2) is 0 Å². The number of hydrogen-bond donors (Lipinski definition) is 2. The number of thioether (sulfide) groups is 2. The summed E-state index contributed by atoms with van der Waals surface area (Å²) in [5.41, 5.74) is 0.489. The Balaban J connectivity index is 1.60. The van der Waals surface area contributed by atoms with E-state index in [2.05, 4.69) is 10.6 Å². The van der Waals surface area contributed by atoms with Gasteiger partial charge in [-0.25, -0.2) is 0 Å². The van der Waals surface area contributed by atoms with Crippen LogP contribution in [0.25, 0.3) is 0 Å². The Bertz CT molecular complexity index is 813. The van der Waals surface area contributed by atoms with E-state index in [1.807, 2.05) is 6.92 Å². The van der Waals surface area contributed by atoms with Crippen LogP contribution < -0.4 is 15.4 Å². The molecule has 3 rings (SSSR count). The van der Waals surface area contributed by atoms with Crippen molar-refractivity contribution in [3.05, 3.63) is 24.3 Å². The molecule has 0 unspecified atom stereocenters. The van der Waals surface area contributed by atoms with Gasteiger partial charge in [0.25, 0.3) is 10.5 Å². The maximum atomic E-state index is 12.4. The molecule has 142 valence electrons. The molecular weight excluding hydrogens is 394 g/mol. The molecule has 1 aromatic carbocycles. The van der Waals surface area contributed by atoms with Crippen molar-refractivity contribution in [3.63, 3.8) is 0 Å². The van der Waals surface area contributed by atoms with E-state index in [1.165, 1.54) is 0 Å². The van der Waals surface area contributed by atoms with Crippen molar-refractivity contribution < 1.29 is 28.7 Å². The maximum absolute atomic E-state index is 12.4. The Kier molecular flexibility index (Phi) is 5.71. The highest BCUT2D eigenvalue weighted by Crippen LogP contribution is 2.36. The smallest absolute Gasteiger partial charge is 0.289 e. The van der Waals surface area contributed by atoms with Crippen LogP contribution in [-0.2, 0) is 14.4 Å². The molecule has 2 heterocycles. The van der Waals surface area contributed by atoms with E-state index in [4.69, 9.17) is 4.74 Å². The molecule has 0 aromatic heterocycles. The fourth-order valence-electron chi connectivity index (χ4n) is 2.51. The molecule has 11 heteroatoms. The van der Waals surface area contributed by atoms with E-state index >= 15 is 0 Å². The van der Waals surface area contributed by atoms with Gasteiger partial charge >= 0.3 is 0 Å². The molecule has 5 amide bonds. The number of anilines is 1. The number of hydrogen-bond acceptors (Lipinski definition) is 8. The van der Waals surface area contributed by atoms with E-state index in [0.717, 1.165) is 4.90 Å². The predicted molar refractivity (Wildman–Crippen MR) is 99.6 cm³/mol. The molecular formula is C16H15N3O6S2. The van der Waals surface area contributed by atoms with Crippen LogP contribution in [0.15, 0.2) is 24.3 Å². The van der Waals surface area contributed by atoms with Gasteiger partial charge in [-0.05, 0) is 54.7 Å². The molecule has 0 spiro atoms. The molecule has 0 saturated carbocycles. The number of ether oxygens (including phenoxy) is 1. The summed E-state index contributed by atoms with van der Waals surface area (Å²) < 4.78 is 5.31. The van der Waals surface area contributed by atoms with Crippen molar-refractivity contribution >= 4 is 57.4 Å². The first kappa shape index (κ1) is 19.2. The minimum absolute atomic E-state index is 0.471. The Labute approximate surface area is 162 Å². The van der Waals surface area contributed by atoms with Gasteiger partial charge in [-0.3, -0.25) is 34.2 Å². The van der Waals surface area contributed by atoms with E-state index in [9.17, 15) is 24.0 Å². The highest BCUT2D eigenvalue weighted by Gasteiger charge is 2.50. The standard InChI is InChI=1S/C16H15N3O6S2/c1-2-25-9-5-3-8(4-6-9)17-10(20)7-19-14(22)12(27-16(19)24)11-13(21)18-15(23)26-11/h3-6,11-12H,2,7H2,1H3,(H,17,20)(H,18,21,23)/t11-,12-/m0/s1. The van der Waals surface area contributed by atoms with Gasteiger partial charge in [0.1, 0.15) is 22.8 Å². The van der Waals surface area contributed by atoms with E-state index in [1.54, 1.807) is 24.3 Å². The summed E-state index contributed by atoms with van der Waals surface area (Å²) in [5, 5.41) is 1.49. The summed E-state index contributed by atoms with van der Waals surface area (Å²) in [7, 11) is 0. The summed E-state index contributed by atoms with van der Waals surface area (Å²) in [6, 6.07) is 6.65. The van der Waals surface area contributed by atoms with Gasteiger partial charge in [0, 0.05) is 5.69 Å². The molecule has 0 bridgehead atoms. The SMILES string of the molecule is CCOc1ccc(NC(=O)CN2C(=O)S[C@@H]([C@@H]3SC(=O)NC3=O)C2=O)cc1. The van der Waals surface area contributed by atoms with E-state index < -0.39 is 45.2 Å². The normalized spacial score (nSPS) is 22.2. The van der Waals surface area contributed by atoms with Crippen molar-refractivity contribution in [2.75, 3.05) is 18.5 Å². The first-order valence-electron chi connectivity index (χ1n) is 7.95. The van der Waals surface area contributed by atoms with Gasteiger partial charge < -0.3 is 10.1 Å². The highest BCUT2D eigenvalue weighted by atomic mass is 32.2. The number of nitrogens with one attached hydrogen (secondary N) is 2. The second kappa shape index (κ2) is 8.01. The third-order valence-electron chi connectivity index (χ3n) is 3.70. The fourth-order valence-corrected chi connectivity index (χ4v) is 4.62. The summed E-state index contributed by atoms with van der Waals surface area (Å²) in [6.07, 6.45) is 0. The minimum Gasteiger partial charge on any atom is -0.494 e. The number of nitrogens with zero attached hydrogens (tertiary/aromatic N) is 1. The average molecular weight is 409 g/mol. The lowest BCUT2D eigenvalue weighted by molar-refractivity contribution is -0.131. The third-order valence-corrected chi connectivity index (χ3v) is 6.08. The molecule has 2 N–H and O–H groups in total. The molecule has 0 radical (unpaired) electrons. The first-order chi connectivity index (χ1) is 12.9. The monoisotopic (exact) mass is 409 g/mol. The van der Waals surface area contributed by atoms with Gasteiger partial charge in [0.05, 0.1) is 6.61 Å². The number of rotatable bonds is 6. The zero-order valence-electron chi connectivity index (χ0n) is 14.1.